The highest BCUT2D eigenvalue weighted by Crippen LogP contribution is 2.38. The van der Waals surface area contributed by atoms with Gasteiger partial charge in [0.2, 0.25) is 0 Å². The zero-order valence-electron chi connectivity index (χ0n) is 13.2. The zero-order chi connectivity index (χ0) is 15.5. The largest absolute Gasteiger partial charge is 0.495 e. The normalized spacial score (nSPS) is 20.1. The van der Waals surface area contributed by atoms with Gasteiger partial charge in [-0.15, -0.1) is 11.3 Å². The summed E-state index contributed by atoms with van der Waals surface area (Å²) in [6, 6.07) is 8.40. The molecule has 1 aliphatic heterocycles. The van der Waals surface area contributed by atoms with Crippen molar-refractivity contribution in [1.82, 2.24) is 4.98 Å². The summed E-state index contributed by atoms with van der Waals surface area (Å²) in [6.45, 7) is 8.34. The van der Waals surface area contributed by atoms with Crippen molar-refractivity contribution in [3.05, 3.63) is 36.7 Å². The van der Waals surface area contributed by atoms with Gasteiger partial charge in [-0.3, -0.25) is 4.98 Å². The molecule has 1 aromatic carbocycles. The molecule has 1 fully saturated rings. The number of benzene rings is 1. The molecule has 0 aliphatic carbocycles. The Morgan fingerprint density at radius 1 is 1.00 bits per heavy atom. The average molecular weight is 311 g/mol. The van der Waals surface area contributed by atoms with Crippen LogP contribution in [0.4, 0.5) is 0 Å². The van der Waals surface area contributed by atoms with Crippen LogP contribution in [0.25, 0.3) is 20.2 Å². The van der Waals surface area contributed by atoms with Gasteiger partial charge in [-0.1, -0.05) is 12.1 Å². The molecule has 0 N–H and O–H groups in total. The SMILES string of the molecule is CC1(C)OB(c2cccc3sc4cnccc4c23)OC1(C)C. The van der Waals surface area contributed by atoms with Gasteiger partial charge in [0.25, 0.3) is 0 Å². The number of thiophene rings is 1. The summed E-state index contributed by atoms with van der Waals surface area (Å²) < 4.78 is 14.9. The first-order valence-corrected chi connectivity index (χ1v) is 8.31. The van der Waals surface area contributed by atoms with Crippen LogP contribution in [0, 0.1) is 0 Å². The van der Waals surface area contributed by atoms with Gasteiger partial charge in [0, 0.05) is 27.9 Å². The Hall–Kier alpha value is -1.43. The maximum absolute atomic E-state index is 6.24. The van der Waals surface area contributed by atoms with Gasteiger partial charge in [-0.05, 0) is 45.3 Å². The summed E-state index contributed by atoms with van der Waals surface area (Å²) in [5.74, 6) is 0. The highest BCUT2D eigenvalue weighted by atomic mass is 32.1. The van der Waals surface area contributed by atoms with E-state index in [4.69, 9.17) is 9.31 Å². The molecule has 3 aromatic rings. The average Bonchev–Trinajstić information content (AvgIpc) is 2.93. The van der Waals surface area contributed by atoms with E-state index in [0.717, 1.165) is 5.46 Å². The molecule has 1 saturated heterocycles. The van der Waals surface area contributed by atoms with Gasteiger partial charge in [0.15, 0.2) is 0 Å². The van der Waals surface area contributed by atoms with Gasteiger partial charge < -0.3 is 9.31 Å². The van der Waals surface area contributed by atoms with E-state index >= 15 is 0 Å². The molecule has 5 heteroatoms. The van der Waals surface area contributed by atoms with Crippen LogP contribution >= 0.6 is 11.3 Å². The monoisotopic (exact) mass is 311 g/mol. The molecule has 4 rings (SSSR count). The maximum atomic E-state index is 6.24. The standard InChI is InChI=1S/C17H18BNO2S/c1-16(2)17(3,4)21-18(20-16)12-6-5-7-13-15(12)11-8-9-19-10-14(11)22-13/h5-10H,1-4H3. The Morgan fingerprint density at radius 2 is 1.73 bits per heavy atom. The number of hydrogen-bond donors (Lipinski definition) is 0. The maximum Gasteiger partial charge on any atom is 0.495 e. The summed E-state index contributed by atoms with van der Waals surface area (Å²) in [5.41, 5.74) is 0.453. The minimum Gasteiger partial charge on any atom is -0.399 e. The van der Waals surface area contributed by atoms with Crippen molar-refractivity contribution in [3.63, 3.8) is 0 Å². The lowest BCUT2D eigenvalue weighted by molar-refractivity contribution is 0.00578. The highest BCUT2D eigenvalue weighted by Gasteiger charge is 2.52. The lowest BCUT2D eigenvalue weighted by Gasteiger charge is -2.32. The fourth-order valence-electron chi connectivity index (χ4n) is 2.87. The number of pyridine rings is 1. The third-order valence-electron chi connectivity index (χ3n) is 4.84. The van der Waals surface area contributed by atoms with E-state index in [-0.39, 0.29) is 18.3 Å². The van der Waals surface area contributed by atoms with Crippen LogP contribution in [0.5, 0.6) is 0 Å². The lowest BCUT2D eigenvalue weighted by Crippen LogP contribution is -2.41. The van der Waals surface area contributed by atoms with Gasteiger partial charge >= 0.3 is 7.12 Å². The van der Waals surface area contributed by atoms with Crippen LogP contribution in [0.15, 0.2) is 36.7 Å². The molecule has 0 saturated carbocycles. The molecule has 0 radical (unpaired) electrons. The molecular weight excluding hydrogens is 293 g/mol. The van der Waals surface area contributed by atoms with E-state index < -0.39 is 0 Å². The quantitative estimate of drug-likeness (QED) is 0.641. The molecule has 0 atom stereocenters. The number of rotatable bonds is 1. The van der Waals surface area contributed by atoms with Crippen LogP contribution in [-0.4, -0.2) is 23.3 Å². The highest BCUT2D eigenvalue weighted by molar-refractivity contribution is 7.26. The number of hydrogen-bond acceptors (Lipinski definition) is 4. The van der Waals surface area contributed by atoms with Gasteiger partial charge in [-0.2, -0.15) is 0 Å². The van der Waals surface area contributed by atoms with E-state index in [1.807, 2.05) is 12.4 Å². The number of nitrogens with zero attached hydrogens (tertiary/aromatic N) is 1. The zero-order valence-corrected chi connectivity index (χ0v) is 14.0. The van der Waals surface area contributed by atoms with Crippen molar-refractivity contribution < 1.29 is 9.31 Å². The van der Waals surface area contributed by atoms with E-state index in [1.165, 1.54) is 20.2 Å². The second-order valence-electron chi connectivity index (χ2n) is 6.78. The van der Waals surface area contributed by atoms with E-state index in [1.54, 1.807) is 11.3 Å². The fraction of sp³-hybridized carbons (Fsp3) is 0.353. The summed E-state index contributed by atoms with van der Waals surface area (Å²) in [6.07, 6.45) is 3.77. The van der Waals surface area contributed by atoms with Crippen molar-refractivity contribution in [2.24, 2.45) is 0 Å². The molecule has 0 spiro atoms. The van der Waals surface area contributed by atoms with Gasteiger partial charge in [0.1, 0.15) is 0 Å². The Morgan fingerprint density at radius 3 is 2.45 bits per heavy atom. The van der Waals surface area contributed by atoms with Crippen LogP contribution in [0.3, 0.4) is 0 Å². The smallest absolute Gasteiger partial charge is 0.399 e. The predicted molar refractivity (Wildman–Crippen MR) is 92.8 cm³/mol. The van der Waals surface area contributed by atoms with E-state index in [0.29, 0.717) is 0 Å². The third-order valence-corrected chi connectivity index (χ3v) is 5.94. The van der Waals surface area contributed by atoms with Crippen molar-refractivity contribution in [2.45, 2.75) is 38.9 Å². The molecule has 1 aliphatic rings. The van der Waals surface area contributed by atoms with Crippen molar-refractivity contribution in [1.29, 1.82) is 0 Å². The van der Waals surface area contributed by atoms with Crippen molar-refractivity contribution in [3.8, 4) is 0 Å². The second kappa shape index (κ2) is 4.54. The summed E-state index contributed by atoms with van der Waals surface area (Å²) in [4.78, 5) is 4.23. The molecule has 3 heterocycles. The second-order valence-corrected chi connectivity index (χ2v) is 7.87. The first kappa shape index (κ1) is 14.2. The molecule has 2 aromatic heterocycles. The van der Waals surface area contributed by atoms with Crippen molar-refractivity contribution in [2.75, 3.05) is 0 Å². The van der Waals surface area contributed by atoms with Crippen LogP contribution in [0.2, 0.25) is 0 Å². The van der Waals surface area contributed by atoms with E-state index in [2.05, 4.69) is 56.9 Å². The lowest BCUT2D eigenvalue weighted by atomic mass is 9.76. The first-order valence-electron chi connectivity index (χ1n) is 7.50. The molecule has 0 amide bonds. The topological polar surface area (TPSA) is 31.4 Å². The Labute approximate surface area is 134 Å². The molecule has 22 heavy (non-hydrogen) atoms. The molecule has 0 unspecified atom stereocenters. The summed E-state index contributed by atoms with van der Waals surface area (Å²) in [7, 11) is -0.334. The molecule has 0 bridgehead atoms. The van der Waals surface area contributed by atoms with Crippen LogP contribution in [0.1, 0.15) is 27.7 Å². The Bertz CT molecular complexity index is 855. The van der Waals surface area contributed by atoms with Crippen molar-refractivity contribution >= 4 is 44.1 Å². The number of aromatic nitrogens is 1. The summed E-state index contributed by atoms with van der Waals surface area (Å²) in [5, 5.41) is 2.45. The summed E-state index contributed by atoms with van der Waals surface area (Å²) >= 11 is 1.76. The van der Waals surface area contributed by atoms with Gasteiger partial charge in [0.05, 0.1) is 15.9 Å². The van der Waals surface area contributed by atoms with E-state index in [9.17, 15) is 0 Å². The predicted octanol–water partition coefficient (Wildman–Crippen LogP) is 3.75. The fourth-order valence-corrected chi connectivity index (χ4v) is 3.98. The minimum absolute atomic E-state index is 0.326. The third kappa shape index (κ3) is 1.93. The Kier molecular flexibility index (Phi) is 2.93. The Balaban J connectivity index is 1.93. The molecular formula is C17H18BNO2S. The van der Waals surface area contributed by atoms with Gasteiger partial charge in [-0.25, -0.2) is 0 Å². The molecule has 3 nitrogen and oxygen atoms in total. The number of fused-ring (bicyclic) bond motifs is 3. The van der Waals surface area contributed by atoms with Crippen LogP contribution in [-0.2, 0) is 9.31 Å². The van der Waals surface area contributed by atoms with Crippen LogP contribution < -0.4 is 5.46 Å². The first-order chi connectivity index (χ1) is 10.4. The molecule has 112 valence electrons. The minimum atomic E-state index is -0.334.